The van der Waals surface area contributed by atoms with Gasteiger partial charge in [0.2, 0.25) is 5.69 Å². The summed E-state index contributed by atoms with van der Waals surface area (Å²) in [6, 6.07) is 6.76. The smallest absolute Gasteiger partial charge is 0.360 e. The normalized spacial score (nSPS) is 9.68. The molecule has 3 rings (SSSR count). The van der Waals surface area contributed by atoms with Crippen molar-refractivity contribution in [3.8, 4) is 0 Å². The number of carboxylic acid groups (broad SMARTS) is 1. The van der Waals surface area contributed by atoms with Gasteiger partial charge >= 0.3 is 5.97 Å². The summed E-state index contributed by atoms with van der Waals surface area (Å²) in [4.78, 5) is 34.3. The van der Waals surface area contributed by atoms with Gasteiger partial charge in [0, 0.05) is 12.4 Å². The van der Waals surface area contributed by atoms with Crippen LogP contribution in [0.15, 0.2) is 47.8 Å². The predicted octanol–water partition coefficient (Wildman–Crippen LogP) is 1.03. The average molecular weight is 258 g/mol. The lowest BCUT2D eigenvalue weighted by Gasteiger charge is -1.97. The van der Waals surface area contributed by atoms with Gasteiger partial charge in [0.15, 0.2) is 0 Å². The van der Waals surface area contributed by atoms with E-state index in [0.717, 1.165) is 0 Å². The van der Waals surface area contributed by atoms with Crippen LogP contribution in [0.2, 0.25) is 0 Å². The maximum Gasteiger partial charge on any atom is 0.360 e. The molecule has 2 heterocycles. The van der Waals surface area contributed by atoms with Crippen molar-refractivity contribution in [1.82, 2.24) is 19.9 Å². The van der Waals surface area contributed by atoms with Gasteiger partial charge in [-0.3, -0.25) is 4.79 Å². The fourth-order valence-corrected chi connectivity index (χ4v) is 1.39. The van der Waals surface area contributed by atoms with E-state index in [4.69, 9.17) is 5.11 Å². The second-order valence-electron chi connectivity index (χ2n) is 3.50. The number of aromatic carboxylic acids is 1. The van der Waals surface area contributed by atoms with Gasteiger partial charge in [-0.25, -0.2) is 14.8 Å². The molecule has 0 saturated carbocycles. The van der Waals surface area contributed by atoms with Gasteiger partial charge in [0.05, 0.1) is 17.4 Å². The number of nitrogens with one attached hydrogen (secondary N) is 2. The lowest BCUT2D eigenvalue weighted by Crippen LogP contribution is -2.19. The summed E-state index contributed by atoms with van der Waals surface area (Å²) >= 11 is 0. The molecular formula is C12H10N4O3. The number of imidazole rings is 1. The number of rotatable bonds is 1. The predicted molar refractivity (Wildman–Crippen MR) is 67.9 cm³/mol. The Kier molecular flexibility index (Phi) is 3.67. The Morgan fingerprint density at radius 2 is 2.05 bits per heavy atom. The molecule has 19 heavy (non-hydrogen) atoms. The number of hydrogen-bond acceptors (Lipinski definition) is 4. The highest BCUT2D eigenvalue weighted by atomic mass is 16.4. The van der Waals surface area contributed by atoms with Crippen molar-refractivity contribution < 1.29 is 9.90 Å². The molecule has 3 aromatic rings. The number of aromatic amines is 2. The molecule has 96 valence electrons. The Morgan fingerprint density at radius 3 is 2.63 bits per heavy atom. The molecule has 0 amide bonds. The van der Waals surface area contributed by atoms with E-state index in [1.54, 1.807) is 43.0 Å². The number of nitrogens with zero attached hydrogens (tertiary/aromatic N) is 2. The Labute approximate surface area is 107 Å². The maximum atomic E-state index is 11.2. The van der Waals surface area contributed by atoms with Gasteiger partial charge in [0.1, 0.15) is 0 Å². The molecule has 0 aliphatic heterocycles. The number of H-pyrrole nitrogens is 2. The van der Waals surface area contributed by atoms with E-state index in [2.05, 4.69) is 19.9 Å². The summed E-state index contributed by atoms with van der Waals surface area (Å²) in [6.07, 6.45) is 5.08. The van der Waals surface area contributed by atoms with E-state index in [-0.39, 0.29) is 0 Å². The molecule has 0 saturated heterocycles. The summed E-state index contributed by atoms with van der Waals surface area (Å²) in [6.45, 7) is 0. The number of fused-ring (bicyclic) bond motifs is 1. The highest BCUT2D eigenvalue weighted by Gasteiger charge is 2.10. The van der Waals surface area contributed by atoms with Crippen LogP contribution in [0, 0.1) is 0 Å². The van der Waals surface area contributed by atoms with Crippen LogP contribution in [0.4, 0.5) is 0 Å². The van der Waals surface area contributed by atoms with E-state index in [1.807, 2.05) is 0 Å². The number of benzene rings is 1. The summed E-state index contributed by atoms with van der Waals surface area (Å²) in [5, 5.41) is 8.64. The minimum absolute atomic E-state index is 0.463. The van der Waals surface area contributed by atoms with E-state index < -0.39 is 17.2 Å². The Hall–Kier alpha value is -2.96. The lowest BCUT2D eigenvalue weighted by atomic mass is 10.3. The van der Waals surface area contributed by atoms with Gasteiger partial charge in [-0.05, 0) is 12.1 Å². The van der Waals surface area contributed by atoms with Crippen molar-refractivity contribution in [3.05, 3.63) is 59.0 Å². The minimum Gasteiger partial charge on any atom is -0.476 e. The zero-order chi connectivity index (χ0) is 13.7. The van der Waals surface area contributed by atoms with Crippen LogP contribution in [0.1, 0.15) is 10.5 Å². The van der Waals surface area contributed by atoms with Gasteiger partial charge in [-0.15, -0.1) is 0 Å². The van der Waals surface area contributed by atoms with Gasteiger partial charge in [-0.1, -0.05) is 12.1 Å². The Bertz CT molecular complexity index is 717. The molecule has 0 atom stereocenters. The van der Waals surface area contributed by atoms with Crippen LogP contribution in [0.3, 0.4) is 0 Å². The number of carboxylic acids is 1. The zero-order valence-corrected chi connectivity index (χ0v) is 9.70. The molecule has 0 fully saturated rings. The summed E-state index contributed by atoms with van der Waals surface area (Å²) in [7, 11) is 0. The molecule has 7 heteroatoms. The zero-order valence-electron chi connectivity index (χ0n) is 9.70. The van der Waals surface area contributed by atoms with Crippen molar-refractivity contribution in [2.75, 3.05) is 0 Å². The fraction of sp³-hybridized carbons (Fsp3) is 0. The number of para-hydroxylation sites is 2. The molecule has 0 bridgehead atoms. The summed E-state index contributed by atoms with van der Waals surface area (Å²) in [5.74, 6) is -1.32. The van der Waals surface area contributed by atoms with Crippen molar-refractivity contribution in [3.63, 3.8) is 0 Å². The third-order valence-corrected chi connectivity index (χ3v) is 2.21. The minimum atomic E-state index is -1.32. The molecular weight excluding hydrogens is 248 g/mol. The van der Waals surface area contributed by atoms with Crippen LogP contribution < -0.4 is 5.56 Å². The van der Waals surface area contributed by atoms with Gasteiger partial charge < -0.3 is 15.1 Å². The maximum absolute atomic E-state index is 11.2. The average Bonchev–Trinajstić information content (AvgIpc) is 2.96. The molecule has 0 radical (unpaired) electrons. The van der Waals surface area contributed by atoms with Crippen molar-refractivity contribution in [2.24, 2.45) is 0 Å². The lowest BCUT2D eigenvalue weighted by molar-refractivity contribution is 0.0689. The van der Waals surface area contributed by atoms with Crippen LogP contribution in [0.25, 0.3) is 11.0 Å². The Balaban J connectivity index is 0.000000224. The first kappa shape index (κ1) is 12.5. The van der Waals surface area contributed by atoms with Crippen LogP contribution in [-0.4, -0.2) is 31.0 Å². The molecule has 7 nitrogen and oxygen atoms in total. The van der Waals surface area contributed by atoms with Crippen LogP contribution in [0.5, 0.6) is 0 Å². The highest BCUT2D eigenvalue weighted by Crippen LogP contribution is 2.05. The molecule has 0 aliphatic rings. The summed E-state index contributed by atoms with van der Waals surface area (Å²) < 4.78 is 0. The topological polar surface area (TPSA) is 112 Å². The SMILES string of the molecule is O=C(O)c1nc2ccccc2[nH]c1=O.c1c[nH]cn1. The van der Waals surface area contributed by atoms with Crippen LogP contribution >= 0.6 is 0 Å². The quantitative estimate of drug-likeness (QED) is 0.603. The first-order valence-electron chi connectivity index (χ1n) is 5.33. The standard InChI is InChI=1S/C9H6N2O3.C3H4N2/c12-8-7(9(13)14)10-5-3-1-2-4-6(5)11-8;1-2-5-3-4-1/h1-4H,(H,11,12)(H,13,14);1-3H,(H,4,5). The molecule has 3 N–H and O–H groups in total. The van der Waals surface area contributed by atoms with E-state index in [9.17, 15) is 9.59 Å². The third kappa shape index (κ3) is 3.03. The second kappa shape index (κ2) is 5.58. The van der Waals surface area contributed by atoms with Gasteiger partial charge in [-0.2, -0.15) is 0 Å². The molecule has 1 aromatic carbocycles. The number of carbonyl (C=O) groups is 1. The molecule has 0 aliphatic carbocycles. The van der Waals surface area contributed by atoms with E-state index in [0.29, 0.717) is 11.0 Å². The van der Waals surface area contributed by atoms with Gasteiger partial charge in [0.25, 0.3) is 5.56 Å². The second-order valence-corrected chi connectivity index (χ2v) is 3.50. The highest BCUT2D eigenvalue weighted by molar-refractivity contribution is 5.87. The summed E-state index contributed by atoms with van der Waals surface area (Å²) in [5.41, 5.74) is -0.174. The fourth-order valence-electron chi connectivity index (χ4n) is 1.39. The van der Waals surface area contributed by atoms with Crippen molar-refractivity contribution in [2.45, 2.75) is 0 Å². The first-order valence-corrected chi connectivity index (χ1v) is 5.33. The molecule has 0 unspecified atom stereocenters. The van der Waals surface area contributed by atoms with Crippen molar-refractivity contribution >= 4 is 17.0 Å². The largest absolute Gasteiger partial charge is 0.476 e. The first-order chi connectivity index (χ1) is 9.18. The molecule has 0 spiro atoms. The number of aromatic nitrogens is 4. The van der Waals surface area contributed by atoms with E-state index >= 15 is 0 Å². The number of hydrogen-bond donors (Lipinski definition) is 3. The third-order valence-electron chi connectivity index (χ3n) is 2.21. The van der Waals surface area contributed by atoms with Crippen molar-refractivity contribution in [1.29, 1.82) is 0 Å². The Morgan fingerprint density at radius 1 is 1.26 bits per heavy atom. The van der Waals surface area contributed by atoms with Crippen LogP contribution in [-0.2, 0) is 0 Å². The van der Waals surface area contributed by atoms with E-state index in [1.165, 1.54) is 0 Å². The molecule has 2 aromatic heterocycles. The monoisotopic (exact) mass is 258 g/mol.